The molecule has 0 aliphatic rings. The second kappa shape index (κ2) is 10.2. The average molecular weight is 456 g/mol. The van der Waals surface area contributed by atoms with E-state index in [1.165, 1.54) is 24.3 Å². The maximum atomic E-state index is 13.0. The summed E-state index contributed by atoms with van der Waals surface area (Å²) in [6.07, 6.45) is 2.34. The van der Waals surface area contributed by atoms with Gasteiger partial charge >= 0.3 is 0 Å². The monoisotopic (exact) mass is 455 g/mol. The summed E-state index contributed by atoms with van der Waals surface area (Å²) in [5.74, 6) is 0.993. The lowest BCUT2D eigenvalue weighted by molar-refractivity contribution is 0.199. The molecular formula is C23H26FN5O2S. The van der Waals surface area contributed by atoms with Gasteiger partial charge in [0.15, 0.2) is 5.82 Å². The van der Waals surface area contributed by atoms with Gasteiger partial charge in [0.25, 0.3) is 0 Å². The van der Waals surface area contributed by atoms with E-state index < -0.39 is 11.0 Å². The third-order valence-corrected chi connectivity index (χ3v) is 6.46. The molecule has 0 radical (unpaired) electrons. The van der Waals surface area contributed by atoms with Crippen LogP contribution in [-0.4, -0.2) is 39.0 Å². The molecule has 4 aromatic rings. The number of halogens is 1. The van der Waals surface area contributed by atoms with E-state index in [-0.39, 0.29) is 5.82 Å². The number of rotatable bonds is 10. The molecule has 0 bridgehead atoms. The Labute approximate surface area is 188 Å². The number of benzene rings is 2. The van der Waals surface area contributed by atoms with Crippen LogP contribution in [0.25, 0.3) is 21.9 Å². The molecule has 32 heavy (non-hydrogen) atoms. The Kier molecular flexibility index (Phi) is 7.09. The van der Waals surface area contributed by atoms with Crippen molar-refractivity contribution in [2.45, 2.75) is 30.7 Å². The standard InChI is InChI=1S/C23H26FN5O2S/c1-31-15-12-20-28-21-22(18-6-2-3-7-19(18)27-23(21)25)29(20)14-5-4-13-26-32(30)17-10-8-16(24)9-11-17/h2-3,6-11,26H,4-5,12-15H2,1H3,(H2,25,27). The number of nitrogens with one attached hydrogen (secondary N) is 1. The van der Waals surface area contributed by atoms with E-state index in [0.717, 1.165) is 41.6 Å². The first kappa shape index (κ1) is 22.3. The number of ether oxygens (including phenoxy) is 1. The Morgan fingerprint density at radius 1 is 1.12 bits per heavy atom. The zero-order valence-corrected chi connectivity index (χ0v) is 18.7. The van der Waals surface area contributed by atoms with Crippen molar-refractivity contribution in [3.8, 4) is 0 Å². The third kappa shape index (κ3) is 4.79. The van der Waals surface area contributed by atoms with Gasteiger partial charge in [0, 0.05) is 32.0 Å². The van der Waals surface area contributed by atoms with Crippen molar-refractivity contribution in [3.05, 3.63) is 60.2 Å². The fourth-order valence-electron chi connectivity index (χ4n) is 3.73. The fourth-order valence-corrected chi connectivity index (χ4v) is 4.61. The van der Waals surface area contributed by atoms with Crippen LogP contribution in [0.3, 0.4) is 0 Å². The number of nitrogens with zero attached hydrogens (tertiary/aromatic N) is 3. The van der Waals surface area contributed by atoms with Crippen LogP contribution in [0.5, 0.6) is 0 Å². The van der Waals surface area contributed by atoms with E-state index in [4.69, 9.17) is 15.5 Å². The van der Waals surface area contributed by atoms with Gasteiger partial charge in [-0.15, -0.1) is 0 Å². The number of aryl methyl sites for hydroxylation is 1. The molecule has 9 heteroatoms. The van der Waals surface area contributed by atoms with Crippen molar-refractivity contribution in [1.82, 2.24) is 19.3 Å². The Morgan fingerprint density at radius 2 is 1.91 bits per heavy atom. The summed E-state index contributed by atoms with van der Waals surface area (Å²) < 4.78 is 35.8. The van der Waals surface area contributed by atoms with Crippen LogP contribution in [0.2, 0.25) is 0 Å². The first-order valence-electron chi connectivity index (χ1n) is 10.5. The number of para-hydroxylation sites is 1. The van der Waals surface area contributed by atoms with Crippen LogP contribution < -0.4 is 10.5 Å². The number of fused-ring (bicyclic) bond motifs is 3. The van der Waals surface area contributed by atoms with E-state index >= 15 is 0 Å². The second-order valence-corrected chi connectivity index (χ2v) is 8.76. The first-order chi connectivity index (χ1) is 15.6. The highest BCUT2D eigenvalue weighted by Gasteiger charge is 2.17. The topological polar surface area (TPSA) is 95.1 Å². The number of nitrogen functional groups attached to an aromatic ring is 1. The molecule has 2 aromatic carbocycles. The largest absolute Gasteiger partial charge is 0.384 e. The summed E-state index contributed by atoms with van der Waals surface area (Å²) in [6.45, 7) is 1.88. The lowest BCUT2D eigenvalue weighted by Crippen LogP contribution is -2.19. The minimum absolute atomic E-state index is 0.342. The predicted octanol–water partition coefficient (Wildman–Crippen LogP) is 3.59. The van der Waals surface area contributed by atoms with Crippen molar-refractivity contribution in [1.29, 1.82) is 0 Å². The number of pyridine rings is 1. The average Bonchev–Trinajstić information content (AvgIpc) is 3.17. The van der Waals surface area contributed by atoms with Crippen LogP contribution in [0.15, 0.2) is 53.4 Å². The molecule has 0 saturated heterocycles. The number of hydrogen-bond donors (Lipinski definition) is 2. The highest BCUT2D eigenvalue weighted by Crippen LogP contribution is 2.29. The van der Waals surface area contributed by atoms with Crippen molar-refractivity contribution in [2.75, 3.05) is 26.0 Å². The fraction of sp³-hybridized carbons (Fsp3) is 0.304. The first-order valence-corrected chi connectivity index (χ1v) is 11.7. The summed E-state index contributed by atoms with van der Waals surface area (Å²) in [5, 5.41) is 1.02. The molecule has 1 atom stereocenters. The summed E-state index contributed by atoms with van der Waals surface area (Å²) in [7, 11) is 0.310. The van der Waals surface area contributed by atoms with Gasteiger partial charge in [0.2, 0.25) is 0 Å². The molecule has 2 aromatic heterocycles. The normalized spacial score (nSPS) is 12.6. The smallest absolute Gasteiger partial charge is 0.152 e. The van der Waals surface area contributed by atoms with Gasteiger partial charge < -0.3 is 15.0 Å². The molecule has 0 fully saturated rings. The van der Waals surface area contributed by atoms with E-state index in [2.05, 4.69) is 14.3 Å². The number of hydrogen-bond acceptors (Lipinski definition) is 5. The van der Waals surface area contributed by atoms with E-state index in [0.29, 0.717) is 35.8 Å². The van der Waals surface area contributed by atoms with Crippen molar-refractivity contribution in [2.24, 2.45) is 0 Å². The van der Waals surface area contributed by atoms with E-state index in [9.17, 15) is 8.60 Å². The van der Waals surface area contributed by atoms with Crippen molar-refractivity contribution < 1.29 is 13.3 Å². The maximum Gasteiger partial charge on any atom is 0.152 e. The molecule has 7 nitrogen and oxygen atoms in total. The molecule has 3 N–H and O–H groups in total. The van der Waals surface area contributed by atoms with Crippen LogP contribution in [-0.2, 0) is 28.7 Å². The highest BCUT2D eigenvalue weighted by atomic mass is 32.2. The van der Waals surface area contributed by atoms with Gasteiger partial charge in [0.05, 0.1) is 22.5 Å². The number of aromatic nitrogens is 3. The molecule has 0 spiro atoms. The number of unbranched alkanes of at least 4 members (excludes halogenated alkanes) is 1. The lowest BCUT2D eigenvalue weighted by Gasteiger charge is -2.11. The summed E-state index contributed by atoms with van der Waals surface area (Å²) in [4.78, 5) is 9.84. The van der Waals surface area contributed by atoms with Gasteiger partial charge in [-0.25, -0.2) is 23.3 Å². The van der Waals surface area contributed by atoms with Crippen LogP contribution >= 0.6 is 0 Å². The molecule has 0 aliphatic carbocycles. The minimum Gasteiger partial charge on any atom is -0.384 e. The summed E-state index contributed by atoms with van der Waals surface area (Å²) in [5.41, 5.74) is 8.76. The lowest BCUT2D eigenvalue weighted by atomic mass is 10.2. The second-order valence-electron chi connectivity index (χ2n) is 7.46. The SMILES string of the molecule is COCCc1nc2c(N)nc3ccccc3c2n1CCCCNS(=O)c1ccc(F)cc1. The molecule has 0 aliphatic heterocycles. The van der Waals surface area contributed by atoms with Gasteiger partial charge in [-0.2, -0.15) is 0 Å². The quantitative estimate of drug-likeness (QED) is 0.357. The van der Waals surface area contributed by atoms with Gasteiger partial charge in [-0.05, 0) is 43.2 Å². The van der Waals surface area contributed by atoms with E-state index in [1.807, 2.05) is 24.3 Å². The Morgan fingerprint density at radius 3 is 2.69 bits per heavy atom. The number of nitrogens with two attached hydrogens (primary N) is 1. The van der Waals surface area contributed by atoms with E-state index in [1.54, 1.807) is 7.11 Å². The van der Waals surface area contributed by atoms with Crippen molar-refractivity contribution >= 4 is 38.7 Å². The predicted molar refractivity (Wildman–Crippen MR) is 125 cm³/mol. The highest BCUT2D eigenvalue weighted by molar-refractivity contribution is 7.83. The maximum absolute atomic E-state index is 13.0. The summed E-state index contributed by atoms with van der Waals surface area (Å²) in [6, 6.07) is 13.6. The van der Waals surface area contributed by atoms with Crippen LogP contribution in [0, 0.1) is 5.82 Å². The molecule has 168 valence electrons. The molecule has 4 rings (SSSR count). The van der Waals surface area contributed by atoms with Crippen LogP contribution in [0.1, 0.15) is 18.7 Å². The molecule has 0 amide bonds. The zero-order valence-electron chi connectivity index (χ0n) is 17.9. The molecular weight excluding hydrogens is 429 g/mol. The molecule has 1 unspecified atom stereocenters. The Balaban J connectivity index is 1.49. The molecule has 2 heterocycles. The zero-order chi connectivity index (χ0) is 22.5. The summed E-state index contributed by atoms with van der Waals surface area (Å²) >= 11 is 0. The molecule has 0 saturated carbocycles. The third-order valence-electron chi connectivity index (χ3n) is 5.29. The number of methoxy groups -OCH3 is 1. The number of imidazole rings is 1. The van der Waals surface area contributed by atoms with Gasteiger partial charge in [0.1, 0.15) is 28.1 Å². The van der Waals surface area contributed by atoms with Gasteiger partial charge in [-0.1, -0.05) is 18.2 Å². The Hall–Kier alpha value is -2.88. The Bertz CT molecular complexity index is 1240. The van der Waals surface area contributed by atoms with Crippen LogP contribution in [0.4, 0.5) is 10.2 Å². The van der Waals surface area contributed by atoms with Crippen molar-refractivity contribution in [3.63, 3.8) is 0 Å². The number of anilines is 1. The van der Waals surface area contributed by atoms with Gasteiger partial charge in [-0.3, -0.25) is 0 Å². The minimum atomic E-state index is -1.36.